The first-order valence-electron chi connectivity index (χ1n) is 9.02. The number of likely N-dealkylation sites (tertiary alicyclic amines) is 1. The zero-order valence-corrected chi connectivity index (χ0v) is 14.9. The van der Waals surface area contributed by atoms with Crippen LogP contribution in [0, 0.1) is 5.92 Å². The van der Waals surface area contributed by atoms with Crippen molar-refractivity contribution < 1.29 is 19.0 Å². The lowest BCUT2D eigenvalue weighted by Crippen LogP contribution is -2.63. The van der Waals surface area contributed by atoms with Crippen molar-refractivity contribution in [3.8, 4) is 11.5 Å². The Balaban J connectivity index is 1.74. The predicted octanol–water partition coefficient (Wildman–Crippen LogP) is 2.42. The average molecular weight is 341 g/mol. The van der Waals surface area contributed by atoms with Crippen molar-refractivity contribution in [2.75, 3.05) is 20.7 Å². The number of methoxy groups -OCH3 is 1. The standard InChI is InChI=1S/C20H23NO4/c1-11(22)24-16-7-5-13-14-10-12-4-6-15(23-3)18-17(12)20(13,19(16)25-18)8-9-21(14)2/h4,6-7,13-14,19H,5,8-10H2,1-3H3/t13-,14+,19-,20-/m0/s1. The number of hydrogen-bond donors (Lipinski definition) is 0. The van der Waals surface area contributed by atoms with Gasteiger partial charge in [-0.2, -0.15) is 0 Å². The third-order valence-electron chi connectivity index (χ3n) is 6.69. The molecule has 25 heavy (non-hydrogen) atoms. The van der Waals surface area contributed by atoms with Crippen LogP contribution in [0.5, 0.6) is 11.5 Å². The van der Waals surface area contributed by atoms with Crippen LogP contribution >= 0.6 is 0 Å². The second-order valence-corrected chi connectivity index (χ2v) is 7.71. The fourth-order valence-electron chi connectivity index (χ4n) is 5.73. The number of carbonyl (C=O) groups is 1. The van der Waals surface area contributed by atoms with Crippen molar-refractivity contribution in [1.82, 2.24) is 4.90 Å². The van der Waals surface area contributed by atoms with Gasteiger partial charge in [-0.1, -0.05) is 6.07 Å². The van der Waals surface area contributed by atoms with Crippen LogP contribution in [0.15, 0.2) is 24.0 Å². The minimum Gasteiger partial charge on any atom is -0.493 e. The Morgan fingerprint density at radius 2 is 2.24 bits per heavy atom. The molecule has 1 fully saturated rings. The summed E-state index contributed by atoms with van der Waals surface area (Å²) in [5, 5.41) is 0. The number of likely N-dealkylation sites (N-methyl/N-ethyl adjacent to an activating group) is 1. The molecule has 1 saturated heterocycles. The van der Waals surface area contributed by atoms with Gasteiger partial charge in [0.1, 0.15) is 5.76 Å². The maximum atomic E-state index is 11.6. The summed E-state index contributed by atoms with van der Waals surface area (Å²) >= 11 is 0. The highest BCUT2D eigenvalue weighted by Crippen LogP contribution is 2.63. The summed E-state index contributed by atoms with van der Waals surface area (Å²) in [5.41, 5.74) is 2.56. The molecule has 0 saturated carbocycles. The lowest BCUT2D eigenvalue weighted by atomic mass is 9.53. The molecule has 2 aliphatic carbocycles. The Labute approximate surface area is 147 Å². The van der Waals surface area contributed by atoms with E-state index < -0.39 is 0 Å². The molecule has 1 aromatic carbocycles. The van der Waals surface area contributed by atoms with Gasteiger partial charge in [0.05, 0.1) is 7.11 Å². The van der Waals surface area contributed by atoms with Gasteiger partial charge in [-0.3, -0.25) is 4.79 Å². The Bertz CT molecular complexity index is 801. The van der Waals surface area contributed by atoms with Gasteiger partial charge in [0, 0.05) is 23.9 Å². The molecule has 0 N–H and O–H groups in total. The number of esters is 1. The molecule has 0 aromatic heterocycles. The van der Waals surface area contributed by atoms with Gasteiger partial charge in [0.25, 0.3) is 0 Å². The quantitative estimate of drug-likeness (QED) is 0.773. The summed E-state index contributed by atoms with van der Waals surface area (Å²) in [6.45, 7) is 2.49. The lowest BCUT2D eigenvalue weighted by Gasteiger charge is -2.56. The fourth-order valence-corrected chi connectivity index (χ4v) is 5.73. The van der Waals surface area contributed by atoms with E-state index in [1.807, 2.05) is 6.07 Å². The molecule has 2 bridgehead atoms. The maximum absolute atomic E-state index is 11.6. The van der Waals surface area contributed by atoms with Crippen molar-refractivity contribution >= 4 is 5.97 Å². The van der Waals surface area contributed by atoms with Gasteiger partial charge in [-0.15, -0.1) is 0 Å². The lowest BCUT2D eigenvalue weighted by molar-refractivity contribution is -0.140. The smallest absolute Gasteiger partial charge is 0.307 e. The van der Waals surface area contributed by atoms with Crippen molar-refractivity contribution in [3.05, 3.63) is 35.1 Å². The molecule has 2 heterocycles. The van der Waals surface area contributed by atoms with Gasteiger partial charge in [-0.05, 0) is 56.5 Å². The number of hydrogen-bond acceptors (Lipinski definition) is 5. The van der Waals surface area contributed by atoms with E-state index in [1.54, 1.807) is 7.11 Å². The van der Waals surface area contributed by atoms with E-state index in [1.165, 1.54) is 18.1 Å². The summed E-state index contributed by atoms with van der Waals surface area (Å²) in [6.07, 6.45) is 4.83. The second-order valence-electron chi connectivity index (χ2n) is 7.71. The molecule has 1 spiro atoms. The van der Waals surface area contributed by atoms with Crippen LogP contribution in [-0.2, 0) is 21.4 Å². The molecule has 0 amide bonds. The van der Waals surface area contributed by atoms with Crippen LogP contribution in [-0.4, -0.2) is 43.7 Å². The van der Waals surface area contributed by atoms with E-state index >= 15 is 0 Å². The monoisotopic (exact) mass is 341 g/mol. The molecule has 2 aliphatic heterocycles. The van der Waals surface area contributed by atoms with E-state index in [4.69, 9.17) is 14.2 Å². The maximum Gasteiger partial charge on any atom is 0.307 e. The van der Waals surface area contributed by atoms with E-state index in [0.717, 1.165) is 37.3 Å². The molecule has 1 aromatic rings. The van der Waals surface area contributed by atoms with Gasteiger partial charge in [-0.25, -0.2) is 0 Å². The molecule has 4 atom stereocenters. The fraction of sp³-hybridized carbons (Fsp3) is 0.550. The second kappa shape index (κ2) is 5.01. The van der Waals surface area contributed by atoms with Gasteiger partial charge in [0.15, 0.2) is 17.6 Å². The van der Waals surface area contributed by atoms with Crippen LogP contribution in [0.25, 0.3) is 0 Å². The topological polar surface area (TPSA) is 48.0 Å². The molecule has 5 nitrogen and oxygen atoms in total. The van der Waals surface area contributed by atoms with Crippen LogP contribution in [0.3, 0.4) is 0 Å². The van der Waals surface area contributed by atoms with Gasteiger partial charge < -0.3 is 19.1 Å². The van der Waals surface area contributed by atoms with Crippen molar-refractivity contribution in [3.63, 3.8) is 0 Å². The van der Waals surface area contributed by atoms with E-state index in [0.29, 0.717) is 17.7 Å². The number of nitrogens with zero attached hydrogens (tertiary/aromatic N) is 1. The van der Waals surface area contributed by atoms with Crippen molar-refractivity contribution in [2.24, 2.45) is 5.92 Å². The molecule has 0 unspecified atom stereocenters. The number of rotatable bonds is 2. The van der Waals surface area contributed by atoms with Crippen molar-refractivity contribution in [2.45, 2.75) is 43.7 Å². The number of benzene rings is 1. The zero-order valence-electron chi connectivity index (χ0n) is 14.9. The highest BCUT2D eigenvalue weighted by molar-refractivity contribution is 5.68. The molecule has 4 aliphatic rings. The SMILES string of the molecule is COc1ccc2c3c1O[C@H]1C(OC(C)=O)=CC[C@H]4[C@@H](C2)N(C)CC[C@]314. The number of allylic oxidation sites excluding steroid dienone is 1. The van der Waals surface area contributed by atoms with Crippen molar-refractivity contribution in [1.29, 1.82) is 0 Å². The first-order chi connectivity index (χ1) is 12.1. The molecular formula is C20H23NO4. The first-order valence-corrected chi connectivity index (χ1v) is 9.02. The first kappa shape index (κ1) is 15.3. The highest BCUT2D eigenvalue weighted by Gasteiger charge is 2.64. The Hall–Kier alpha value is -2.01. The Kier molecular flexibility index (Phi) is 3.06. The average Bonchev–Trinajstić information content (AvgIpc) is 2.94. The molecule has 5 heteroatoms. The molecule has 0 radical (unpaired) electrons. The predicted molar refractivity (Wildman–Crippen MR) is 91.8 cm³/mol. The van der Waals surface area contributed by atoms with Gasteiger partial charge >= 0.3 is 5.97 Å². The summed E-state index contributed by atoms with van der Waals surface area (Å²) in [6, 6.07) is 4.70. The minimum absolute atomic E-state index is 0.103. The number of ether oxygens (including phenoxy) is 3. The summed E-state index contributed by atoms with van der Waals surface area (Å²) in [7, 11) is 3.91. The number of piperidine rings is 1. The highest BCUT2D eigenvalue weighted by atomic mass is 16.6. The summed E-state index contributed by atoms with van der Waals surface area (Å²) in [5.74, 6) is 2.52. The molecule has 5 rings (SSSR count). The van der Waals surface area contributed by atoms with Crippen LogP contribution < -0.4 is 9.47 Å². The van der Waals surface area contributed by atoms with E-state index in [-0.39, 0.29) is 17.5 Å². The third kappa shape index (κ3) is 1.79. The zero-order chi connectivity index (χ0) is 17.3. The van der Waals surface area contributed by atoms with Crippen LogP contribution in [0.1, 0.15) is 30.9 Å². The number of carbonyl (C=O) groups excluding carboxylic acids is 1. The Morgan fingerprint density at radius 1 is 1.40 bits per heavy atom. The minimum atomic E-state index is -0.284. The van der Waals surface area contributed by atoms with E-state index in [2.05, 4.69) is 24.1 Å². The van der Waals surface area contributed by atoms with E-state index in [9.17, 15) is 4.79 Å². The largest absolute Gasteiger partial charge is 0.493 e. The van der Waals surface area contributed by atoms with Gasteiger partial charge in [0.2, 0.25) is 0 Å². The molecule has 132 valence electrons. The van der Waals surface area contributed by atoms with Crippen LogP contribution in [0.2, 0.25) is 0 Å². The summed E-state index contributed by atoms with van der Waals surface area (Å²) < 4.78 is 17.6. The summed E-state index contributed by atoms with van der Waals surface area (Å²) in [4.78, 5) is 14.1. The Morgan fingerprint density at radius 3 is 3.00 bits per heavy atom. The molecular weight excluding hydrogens is 318 g/mol. The normalized spacial score (nSPS) is 34.7. The van der Waals surface area contributed by atoms with Crippen LogP contribution in [0.4, 0.5) is 0 Å². The third-order valence-corrected chi connectivity index (χ3v) is 6.69.